The van der Waals surface area contributed by atoms with Crippen molar-refractivity contribution in [2.45, 2.75) is 19.9 Å². The molecule has 18 heavy (non-hydrogen) atoms. The summed E-state index contributed by atoms with van der Waals surface area (Å²) < 4.78 is 10.1. The monoisotopic (exact) mass is 256 g/mol. The van der Waals surface area contributed by atoms with E-state index in [-0.39, 0.29) is 18.0 Å². The van der Waals surface area contributed by atoms with Crippen LogP contribution in [0.5, 0.6) is 6.01 Å². The molecule has 102 valence electrons. The van der Waals surface area contributed by atoms with Gasteiger partial charge in [0, 0.05) is 7.11 Å². The van der Waals surface area contributed by atoms with Gasteiger partial charge in [-0.15, -0.1) is 0 Å². The van der Waals surface area contributed by atoms with Crippen LogP contribution in [-0.2, 0) is 4.74 Å². The Morgan fingerprint density at radius 3 is 2.33 bits per heavy atom. The minimum Gasteiger partial charge on any atom is -0.467 e. The maximum atomic E-state index is 5.28. The summed E-state index contributed by atoms with van der Waals surface area (Å²) in [5.41, 5.74) is 2.36. The second-order valence-electron chi connectivity index (χ2n) is 4.06. The Morgan fingerprint density at radius 1 is 1.17 bits per heavy atom. The van der Waals surface area contributed by atoms with Crippen molar-refractivity contribution >= 4 is 11.9 Å². The number of nitrogens with zero attached hydrogens (tertiary/aromatic N) is 3. The zero-order valence-corrected chi connectivity index (χ0v) is 11.1. The molecule has 0 bridgehead atoms. The molecule has 1 aromatic heterocycles. The second kappa shape index (κ2) is 6.92. The lowest BCUT2D eigenvalue weighted by Crippen LogP contribution is -2.31. The summed E-state index contributed by atoms with van der Waals surface area (Å²) in [6, 6.07) is 0.285. The number of aromatic nitrogens is 3. The third-order valence-corrected chi connectivity index (χ3v) is 2.39. The van der Waals surface area contributed by atoms with E-state index in [4.69, 9.17) is 15.3 Å². The first kappa shape index (κ1) is 14.4. The Balaban J connectivity index is 2.87. The van der Waals surface area contributed by atoms with Gasteiger partial charge in [0.2, 0.25) is 11.9 Å². The molecule has 1 unspecified atom stereocenters. The quantitative estimate of drug-likeness (QED) is 0.470. The topological polar surface area (TPSA) is 107 Å². The molecule has 1 aromatic rings. The summed E-state index contributed by atoms with van der Waals surface area (Å²) in [4.78, 5) is 12.1. The minimum atomic E-state index is 0.0905. The van der Waals surface area contributed by atoms with Crippen molar-refractivity contribution in [3.8, 4) is 6.01 Å². The molecule has 1 heterocycles. The van der Waals surface area contributed by atoms with Gasteiger partial charge in [-0.2, -0.15) is 15.0 Å². The van der Waals surface area contributed by atoms with Crippen LogP contribution in [0.2, 0.25) is 0 Å². The van der Waals surface area contributed by atoms with Crippen molar-refractivity contribution in [2.24, 2.45) is 11.8 Å². The second-order valence-corrected chi connectivity index (χ2v) is 4.06. The van der Waals surface area contributed by atoms with Crippen LogP contribution >= 0.6 is 0 Å². The molecule has 0 radical (unpaired) electrons. The van der Waals surface area contributed by atoms with E-state index in [1.165, 1.54) is 7.11 Å². The average Bonchev–Trinajstić information content (AvgIpc) is 2.37. The number of rotatable bonds is 7. The fraction of sp³-hybridized carbons (Fsp3) is 0.700. The fourth-order valence-electron chi connectivity index (χ4n) is 1.32. The molecule has 0 saturated carbocycles. The summed E-state index contributed by atoms with van der Waals surface area (Å²) in [7, 11) is 3.13. The van der Waals surface area contributed by atoms with Crippen molar-refractivity contribution in [1.82, 2.24) is 15.0 Å². The fourth-order valence-corrected chi connectivity index (χ4v) is 1.32. The first-order chi connectivity index (χ1) is 8.60. The van der Waals surface area contributed by atoms with Gasteiger partial charge in [0.15, 0.2) is 0 Å². The molecule has 0 fully saturated rings. The predicted molar refractivity (Wildman–Crippen MR) is 68.3 cm³/mol. The van der Waals surface area contributed by atoms with Crippen molar-refractivity contribution in [3.63, 3.8) is 0 Å². The number of ether oxygens (including phenoxy) is 2. The summed E-state index contributed by atoms with van der Waals surface area (Å²) in [6.07, 6.45) is 0. The maximum absolute atomic E-state index is 5.28. The summed E-state index contributed by atoms with van der Waals surface area (Å²) in [5, 5.41) is 3.17. The highest BCUT2D eigenvalue weighted by Crippen LogP contribution is 2.13. The number of methoxy groups -OCH3 is 2. The number of anilines is 2. The van der Waals surface area contributed by atoms with Gasteiger partial charge in [-0.1, -0.05) is 13.8 Å². The summed E-state index contributed by atoms with van der Waals surface area (Å²) in [6.45, 7) is 4.71. The molecular formula is C10H20N6O2. The maximum Gasteiger partial charge on any atom is 0.322 e. The van der Waals surface area contributed by atoms with E-state index in [1.54, 1.807) is 7.11 Å². The molecule has 1 rings (SSSR count). The van der Waals surface area contributed by atoms with E-state index < -0.39 is 0 Å². The van der Waals surface area contributed by atoms with Crippen LogP contribution < -0.4 is 21.3 Å². The van der Waals surface area contributed by atoms with Crippen LogP contribution in [0.25, 0.3) is 0 Å². The Morgan fingerprint density at radius 2 is 1.83 bits per heavy atom. The smallest absolute Gasteiger partial charge is 0.322 e. The first-order valence-corrected chi connectivity index (χ1v) is 5.62. The number of nitrogen functional groups attached to an aromatic ring is 1. The Kier molecular flexibility index (Phi) is 5.53. The molecule has 1 atom stereocenters. The lowest BCUT2D eigenvalue weighted by Gasteiger charge is -2.21. The van der Waals surface area contributed by atoms with Crippen LogP contribution in [0.15, 0.2) is 0 Å². The van der Waals surface area contributed by atoms with Crippen LogP contribution in [-0.4, -0.2) is 41.8 Å². The molecular weight excluding hydrogens is 236 g/mol. The highest BCUT2D eigenvalue weighted by atomic mass is 16.5. The molecule has 0 saturated heterocycles. The van der Waals surface area contributed by atoms with E-state index >= 15 is 0 Å². The molecule has 0 spiro atoms. The van der Waals surface area contributed by atoms with Crippen LogP contribution in [0, 0.1) is 5.92 Å². The van der Waals surface area contributed by atoms with E-state index in [0.717, 1.165) is 0 Å². The summed E-state index contributed by atoms with van der Waals surface area (Å²) in [5.74, 6) is 6.28. The normalized spacial score (nSPS) is 12.3. The van der Waals surface area contributed by atoms with E-state index in [9.17, 15) is 0 Å². The number of nitrogens with one attached hydrogen (secondary N) is 2. The lowest BCUT2D eigenvalue weighted by molar-refractivity contribution is 0.171. The largest absolute Gasteiger partial charge is 0.467 e. The molecule has 0 amide bonds. The molecule has 8 heteroatoms. The van der Waals surface area contributed by atoms with Gasteiger partial charge in [-0.05, 0) is 5.92 Å². The number of hydrogen-bond donors (Lipinski definition) is 3. The highest BCUT2D eigenvalue weighted by molar-refractivity contribution is 5.35. The standard InChI is InChI=1S/C10H20N6O2/c1-6(2)7(5-17-3)12-8-13-9(16-11)15-10(14-8)18-4/h6-7H,5,11H2,1-4H3,(H2,12,13,14,15,16). The van der Waals surface area contributed by atoms with Gasteiger partial charge in [-0.3, -0.25) is 5.43 Å². The van der Waals surface area contributed by atoms with Crippen molar-refractivity contribution in [2.75, 3.05) is 31.6 Å². The van der Waals surface area contributed by atoms with Crippen molar-refractivity contribution < 1.29 is 9.47 Å². The van der Waals surface area contributed by atoms with Crippen LogP contribution in [0.1, 0.15) is 13.8 Å². The van der Waals surface area contributed by atoms with Crippen LogP contribution in [0.3, 0.4) is 0 Å². The SMILES string of the molecule is COCC(Nc1nc(NN)nc(OC)n1)C(C)C. The van der Waals surface area contributed by atoms with Gasteiger partial charge in [0.1, 0.15) is 0 Å². The van der Waals surface area contributed by atoms with Gasteiger partial charge >= 0.3 is 6.01 Å². The Bertz CT molecular complexity index is 351. The predicted octanol–water partition coefficient (Wildman–Crippen LogP) is 0.249. The zero-order valence-electron chi connectivity index (χ0n) is 11.1. The Labute approximate surface area is 106 Å². The van der Waals surface area contributed by atoms with Gasteiger partial charge in [-0.25, -0.2) is 5.84 Å². The van der Waals surface area contributed by atoms with Crippen molar-refractivity contribution in [3.05, 3.63) is 0 Å². The number of hydrazine groups is 1. The van der Waals surface area contributed by atoms with Gasteiger partial charge < -0.3 is 14.8 Å². The minimum absolute atomic E-state index is 0.0905. The molecule has 8 nitrogen and oxygen atoms in total. The number of nitrogens with two attached hydrogens (primary N) is 1. The summed E-state index contributed by atoms with van der Waals surface area (Å²) >= 11 is 0. The van der Waals surface area contributed by atoms with Gasteiger partial charge in [0.25, 0.3) is 0 Å². The molecule has 0 aromatic carbocycles. The lowest BCUT2D eigenvalue weighted by atomic mass is 10.1. The third kappa shape index (κ3) is 3.97. The van der Waals surface area contributed by atoms with E-state index in [1.807, 2.05) is 0 Å². The van der Waals surface area contributed by atoms with Crippen LogP contribution in [0.4, 0.5) is 11.9 Å². The molecule has 0 aliphatic rings. The van der Waals surface area contributed by atoms with Gasteiger partial charge in [0.05, 0.1) is 19.8 Å². The van der Waals surface area contributed by atoms with E-state index in [2.05, 4.69) is 39.5 Å². The highest BCUT2D eigenvalue weighted by Gasteiger charge is 2.15. The third-order valence-electron chi connectivity index (χ3n) is 2.39. The Hall–Kier alpha value is -1.67. The molecule has 0 aliphatic carbocycles. The molecule has 4 N–H and O–H groups in total. The average molecular weight is 256 g/mol. The van der Waals surface area contributed by atoms with Crippen molar-refractivity contribution in [1.29, 1.82) is 0 Å². The first-order valence-electron chi connectivity index (χ1n) is 5.62. The molecule has 0 aliphatic heterocycles. The number of hydrogen-bond acceptors (Lipinski definition) is 8. The zero-order chi connectivity index (χ0) is 13.5. The van der Waals surface area contributed by atoms with E-state index in [0.29, 0.717) is 18.5 Å².